The van der Waals surface area contributed by atoms with Crippen LogP contribution in [0.5, 0.6) is 0 Å². The zero-order valence-electron chi connectivity index (χ0n) is 15.8. The van der Waals surface area contributed by atoms with Crippen molar-refractivity contribution in [3.8, 4) is 0 Å². The summed E-state index contributed by atoms with van der Waals surface area (Å²) in [6.07, 6.45) is 0. The van der Waals surface area contributed by atoms with Gasteiger partial charge in [-0.3, -0.25) is 10.2 Å². The fraction of sp³-hybridized carbons (Fsp3) is 0.263. The number of rotatable bonds is 4. The average molecular weight is 513 g/mol. The molecule has 2 heterocycles. The number of aliphatic imine (C=N–C) groups is 1. The molecule has 1 aromatic heterocycles. The van der Waals surface area contributed by atoms with E-state index in [1.54, 1.807) is 36.4 Å². The minimum Gasteiger partial charge on any atom is -0.468 e. The van der Waals surface area contributed by atoms with Crippen LogP contribution in [0.15, 0.2) is 46.0 Å². The molecule has 3 rings (SSSR count). The van der Waals surface area contributed by atoms with E-state index in [2.05, 4.69) is 25.9 Å². The molecule has 1 fully saturated rings. The van der Waals surface area contributed by atoms with Crippen LogP contribution in [0, 0.1) is 5.41 Å². The van der Waals surface area contributed by atoms with Gasteiger partial charge in [0.2, 0.25) is 0 Å². The predicted molar refractivity (Wildman–Crippen MR) is 122 cm³/mol. The zero-order chi connectivity index (χ0) is 21.5. The molecule has 0 radical (unpaired) electrons. The molecule has 0 saturated carbocycles. The van der Waals surface area contributed by atoms with Crippen LogP contribution in [-0.4, -0.2) is 47.6 Å². The van der Waals surface area contributed by atoms with Crippen molar-refractivity contribution in [2.24, 2.45) is 10.7 Å². The first-order chi connectivity index (χ1) is 14.4. The SMILES string of the molecule is N=C(OCc1ccc(Cl)cc1)SC(N)=NC(=O)c1ccc(Br)nc1N1CCOCC1. The predicted octanol–water partition coefficient (Wildman–Crippen LogP) is 3.67. The Bertz CT molecular complexity index is 952. The zero-order valence-corrected chi connectivity index (χ0v) is 19.0. The largest absolute Gasteiger partial charge is 0.468 e. The summed E-state index contributed by atoms with van der Waals surface area (Å²) in [5.74, 6) is -0.0136. The smallest absolute Gasteiger partial charge is 0.283 e. The van der Waals surface area contributed by atoms with Crippen LogP contribution in [0.4, 0.5) is 5.82 Å². The molecule has 8 nitrogen and oxygen atoms in total. The Kier molecular flexibility index (Phi) is 8.08. The number of amidine groups is 1. The molecule has 1 amide bonds. The molecule has 1 aromatic carbocycles. The van der Waals surface area contributed by atoms with E-state index in [4.69, 9.17) is 32.2 Å². The number of aromatic nitrogens is 1. The first kappa shape index (κ1) is 22.5. The monoisotopic (exact) mass is 511 g/mol. The van der Waals surface area contributed by atoms with Crippen LogP contribution in [0.1, 0.15) is 15.9 Å². The number of benzene rings is 1. The number of ether oxygens (including phenoxy) is 2. The second-order valence-electron chi connectivity index (χ2n) is 6.16. The Morgan fingerprint density at radius 2 is 2.00 bits per heavy atom. The number of nitrogens with one attached hydrogen (secondary N) is 1. The summed E-state index contributed by atoms with van der Waals surface area (Å²) in [6, 6.07) is 10.4. The fourth-order valence-electron chi connectivity index (χ4n) is 2.65. The molecule has 1 saturated heterocycles. The molecule has 0 spiro atoms. The Balaban J connectivity index is 1.63. The highest BCUT2D eigenvalue weighted by Gasteiger charge is 2.21. The number of halogens is 2. The van der Waals surface area contributed by atoms with Gasteiger partial charge >= 0.3 is 0 Å². The first-order valence-electron chi connectivity index (χ1n) is 8.94. The van der Waals surface area contributed by atoms with E-state index in [0.717, 1.165) is 17.3 Å². The summed E-state index contributed by atoms with van der Waals surface area (Å²) in [6.45, 7) is 2.56. The molecule has 11 heteroatoms. The van der Waals surface area contributed by atoms with Gasteiger partial charge in [0.15, 0.2) is 5.17 Å². The van der Waals surface area contributed by atoms with Gasteiger partial charge in [-0.25, -0.2) is 4.98 Å². The van der Waals surface area contributed by atoms with Gasteiger partial charge in [0, 0.05) is 29.9 Å². The third-order valence-corrected chi connectivity index (χ3v) is 5.37. The highest BCUT2D eigenvalue weighted by atomic mass is 79.9. The summed E-state index contributed by atoms with van der Waals surface area (Å²) in [7, 11) is 0. The van der Waals surface area contributed by atoms with Gasteiger partial charge in [-0.2, -0.15) is 4.99 Å². The van der Waals surface area contributed by atoms with Gasteiger partial charge < -0.3 is 20.1 Å². The summed E-state index contributed by atoms with van der Waals surface area (Å²) in [5.41, 5.74) is 7.04. The lowest BCUT2D eigenvalue weighted by molar-refractivity contribution is 0.100. The van der Waals surface area contributed by atoms with E-state index < -0.39 is 5.91 Å². The molecule has 3 N–H and O–H groups in total. The third-order valence-electron chi connectivity index (χ3n) is 4.07. The minimum atomic E-state index is -0.535. The van der Waals surface area contributed by atoms with Gasteiger partial charge in [-0.1, -0.05) is 23.7 Å². The van der Waals surface area contributed by atoms with Crippen molar-refractivity contribution in [3.05, 3.63) is 57.2 Å². The maximum atomic E-state index is 12.7. The van der Waals surface area contributed by atoms with Crippen LogP contribution in [-0.2, 0) is 16.1 Å². The van der Waals surface area contributed by atoms with Crippen molar-refractivity contribution in [2.75, 3.05) is 31.2 Å². The van der Waals surface area contributed by atoms with E-state index >= 15 is 0 Å². The molecule has 1 aliphatic rings. The van der Waals surface area contributed by atoms with Crippen molar-refractivity contribution in [2.45, 2.75) is 6.61 Å². The number of morpholine rings is 1. The van der Waals surface area contributed by atoms with Crippen molar-refractivity contribution in [3.63, 3.8) is 0 Å². The molecule has 30 heavy (non-hydrogen) atoms. The van der Waals surface area contributed by atoms with E-state index in [-0.39, 0.29) is 17.0 Å². The highest BCUT2D eigenvalue weighted by Crippen LogP contribution is 2.23. The second-order valence-corrected chi connectivity index (χ2v) is 8.41. The lowest BCUT2D eigenvalue weighted by Crippen LogP contribution is -2.37. The van der Waals surface area contributed by atoms with Crippen LogP contribution < -0.4 is 10.6 Å². The average Bonchev–Trinajstić information content (AvgIpc) is 2.73. The normalized spacial score (nSPS) is 14.5. The number of pyridine rings is 1. The van der Waals surface area contributed by atoms with Crippen LogP contribution >= 0.6 is 39.3 Å². The second kappa shape index (κ2) is 10.8. The van der Waals surface area contributed by atoms with Crippen molar-refractivity contribution >= 4 is 61.4 Å². The Morgan fingerprint density at radius 3 is 2.70 bits per heavy atom. The first-order valence-corrected chi connectivity index (χ1v) is 10.9. The van der Waals surface area contributed by atoms with E-state index in [1.165, 1.54) is 0 Å². The maximum absolute atomic E-state index is 12.7. The number of nitrogens with two attached hydrogens (primary N) is 1. The molecule has 0 unspecified atom stereocenters. The molecule has 0 aliphatic carbocycles. The number of carbonyl (C=O) groups is 1. The van der Waals surface area contributed by atoms with Gasteiger partial charge in [-0.05, 0) is 45.8 Å². The van der Waals surface area contributed by atoms with E-state index in [1.807, 2.05) is 4.90 Å². The van der Waals surface area contributed by atoms with Crippen molar-refractivity contribution in [1.29, 1.82) is 5.41 Å². The molecule has 0 bridgehead atoms. The van der Waals surface area contributed by atoms with Crippen molar-refractivity contribution < 1.29 is 14.3 Å². The summed E-state index contributed by atoms with van der Waals surface area (Å²) < 4.78 is 11.3. The Labute approximate surface area is 191 Å². The van der Waals surface area contributed by atoms with Gasteiger partial charge in [0.25, 0.3) is 11.1 Å². The maximum Gasteiger partial charge on any atom is 0.283 e. The Morgan fingerprint density at radius 1 is 1.30 bits per heavy atom. The lowest BCUT2D eigenvalue weighted by Gasteiger charge is -2.29. The number of thioether (sulfide) groups is 1. The molecule has 1 aliphatic heterocycles. The minimum absolute atomic E-state index is 0.0862. The quantitative estimate of drug-likeness (QED) is 0.365. The molecule has 2 aromatic rings. The molecular formula is C19H19BrClN5O3S. The van der Waals surface area contributed by atoms with E-state index in [0.29, 0.717) is 47.3 Å². The number of amides is 1. The van der Waals surface area contributed by atoms with Crippen LogP contribution in [0.3, 0.4) is 0 Å². The van der Waals surface area contributed by atoms with Crippen LogP contribution in [0.25, 0.3) is 0 Å². The number of nitrogens with zero attached hydrogens (tertiary/aromatic N) is 3. The summed E-state index contributed by atoms with van der Waals surface area (Å²) in [5, 5.41) is 8.26. The number of hydrogen-bond acceptors (Lipinski definition) is 7. The Hall–Kier alpha value is -2.14. The third kappa shape index (κ3) is 6.43. The molecule has 0 atom stereocenters. The summed E-state index contributed by atoms with van der Waals surface area (Å²) >= 11 is 9.95. The summed E-state index contributed by atoms with van der Waals surface area (Å²) in [4.78, 5) is 23.0. The number of carbonyl (C=O) groups excluding carboxylic acids is 1. The standard InChI is InChI=1S/C19H19BrClN5O3S/c20-15-6-5-14(16(24-15)26-7-9-28-10-8-26)17(27)25-18(22)30-19(23)29-11-12-1-3-13(21)4-2-12/h1-6,23H,7-11H2,(H2,22,25,27). The highest BCUT2D eigenvalue weighted by molar-refractivity contribution is 9.10. The topological polar surface area (TPSA) is 114 Å². The van der Waals surface area contributed by atoms with Gasteiger partial charge in [-0.15, -0.1) is 0 Å². The number of hydrogen-bond donors (Lipinski definition) is 2. The van der Waals surface area contributed by atoms with Crippen molar-refractivity contribution in [1.82, 2.24) is 4.98 Å². The molecular weight excluding hydrogens is 494 g/mol. The molecule has 158 valence electrons. The lowest BCUT2D eigenvalue weighted by atomic mass is 10.2. The number of anilines is 1. The van der Waals surface area contributed by atoms with Crippen LogP contribution in [0.2, 0.25) is 5.02 Å². The van der Waals surface area contributed by atoms with Gasteiger partial charge in [0.05, 0.1) is 18.8 Å². The van der Waals surface area contributed by atoms with E-state index in [9.17, 15) is 4.79 Å². The van der Waals surface area contributed by atoms with Gasteiger partial charge in [0.1, 0.15) is 17.0 Å². The fourth-order valence-corrected chi connectivity index (χ4v) is 3.51.